The van der Waals surface area contributed by atoms with E-state index in [-0.39, 0.29) is 6.04 Å². The molecule has 102 valence electrons. The number of likely N-dealkylation sites (tertiary alicyclic amines) is 1. The van der Waals surface area contributed by atoms with Gasteiger partial charge in [0.15, 0.2) is 0 Å². The number of nitrogens with one attached hydrogen (secondary N) is 1. The highest BCUT2D eigenvalue weighted by Crippen LogP contribution is 2.36. The molecule has 3 unspecified atom stereocenters. The summed E-state index contributed by atoms with van der Waals surface area (Å²) >= 11 is 0. The molecule has 0 aromatic rings. The summed E-state index contributed by atoms with van der Waals surface area (Å²) in [6.45, 7) is 1.80. The van der Waals surface area contributed by atoms with Gasteiger partial charge in [0.2, 0.25) is 0 Å². The number of fused-ring (bicyclic) bond motifs is 1. The molecule has 0 aromatic heterocycles. The largest absolute Gasteiger partial charge is 0.480 e. The monoisotopic (exact) mass is 252 g/mol. The molecule has 4 nitrogen and oxygen atoms in total. The zero-order chi connectivity index (χ0) is 12.5. The first-order chi connectivity index (χ1) is 8.74. The fourth-order valence-corrected chi connectivity index (χ4v) is 3.70. The molecule has 0 radical (unpaired) electrons. The van der Waals surface area contributed by atoms with Gasteiger partial charge in [-0.1, -0.05) is 12.8 Å². The van der Waals surface area contributed by atoms with E-state index >= 15 is 0 Å². The van der Waals surface area contributed by atoms with E-state index in [1.54, 1.807) is 0 Å². The average Bonchev–Trinajstić information content (AvgIpc) is 3.09. The smallest absolute Gasteiger partial charge is 0.322 e. The van der Waals surface area contributed by atoms with Gasteiger partial charge < -0.3 is 10.4 Å². The van der Waals surface area contributed by atoms with Gasteiger partial charge in [-0.2, -0.15) is 0 Å². The van der Waals surface area contributed by atoms with Crippen LogP contribution in [0.2, 0.25) is 0 Å². The van der Waals surface area contributed by atoms with Crippen LogP contribution in [0.15, 0.2) is 0 Å². The molecule has 0 amide bonds. The normalized spacial score (nSPS) is 34.2. The van der Waals surface area contributed by atoms with E-state index < -0.39 is 5.97 Å². The minimum absolute atomic E-state index is 0.363. The fourth-order valence-electron chi connectivity index (χ4n) is 3.70. The van der Waals surface area contributed by atoms with Crippen molar-refractivity contribution in [3.8, 4) is 0 Å². The van der Waals surface area contributed by atoms with Gasteiger partial charge in [0.1, 0.15) is 6.04 Å². The lowest BCUT2D eigenvalue weighted by Gasteiger charge is -2.33. The Morgan fingerprint density at radius 1 is 1.22 bits per heavy atom. The van der Waals surface area contributed by atoms with Crippen molar-refractivity contribution in [2.24, 2.45) is 5.92 Å². The molecule has 1 heterocycles. The second-order valence-electron chi connectivity index (χ2n) is 6.23. The lowest BCUT2D eigenvalue weighted by atomic mass is 9.85. The van der Waals surface area contributed by atoms with E-state index in [1.165, 1.54) is 32.1 Å². The molecule has 18 heavy (non-hydrogen) atoms. The van der Waals surface area contributed by atoms with Crippen LogP contribution in [0.4, 0.5) is 0 Å². The minimum atomic E-state index is -0.679. The summed E-state index contributed by atoms with van der Waals surface area (Å²) in [6.07, 6.45) is 8.91. The van der Waals surface area contributed by atoms with E-state index in [4.69, 9.17) is 0 Å². The molecule has 3 rings (SSSR count). The maximum Gasteiger partial charge on any atom is 0.322 e. The molecule has 0 spiro atoms. The number of nitrogens with zero attached hydrogens (tertiary/aromatic N) is 1. The standard InChI is InChI=1S/C14H24N2O2/c17-14(18)12(15-11-5-6-11)9-16-8-7-10-3-1-2-4-13(10)16/h10-13,15H,1-9H2,(H,17,18). The molecule has 3 fully saturated rings. The molecule has 2 aliphatic carbocycles. The van der Waals surface area contributed by atoms with Crippen molar-refractivity contribution in [2.75, 3.05) is 13.1 Å². The van der Waals surface area contributed by atoms with Gasteiger partial charge in [0, 0.05) is 18.6 Å². The van der Waals surface area contributed by atoms with Gasteiger partial charge in [-0.3, -0.25) is 9.69 Å². The SMILES string of the molecule is O=C(O)C(CN1CCC2CCCCC21)NC1CC1. The first kappa shape index (κ1) is 12.4. The number of hydrogen-bond acceptors (Lipinski definition) is 3. The van der Waals surface area contributed by atoms with E-state index in [2.05, 4.69) is 10.2 Å². The highest BCUT2D eigenvalue weighted by molar-refractivity contribution is 5.73. The number of rotatable bonds is 5. The predicted molar refractivity (Wildman–Crippen MR) is 69.5 cm³/mol. The van der Waals surface area contributed by atoms with Gasteiger partial charge in [0.05, 0.1) is 0 Å². The molecule has 3 aliphatic rings. The van der Waals surface area contributed by atoms with Crippen molar-refractivity contribution in [3.63, 3.8) is 0 Å². The number of hydrogen-bond donors (Lipinski definition) is 2. The molecule has 2 saturated carbocycles. The lowest BCUT2D eigenvalue weighted by molar-refractivity contribution is -0.140. The lowest BCUT2D eigenvalue weighted by Crippen LogP contribution is -2.49. The number of carboxylic acid groups (broad SMARTS) is 1. The highest BCUT2D eigenvalue weighted by atomic mass is 16.4. The van der Waals surface area contributed by atoms with Crippen molar-refractivity contribution in [3.05, 3.63) is 0 Å². The van der Waals surface area contributed by atoms with Gasteiger partial charge in [-0.15, -0.1) is 0 Å². The van der Waals surface area contributed by atoms with Crippen LogP contribution in [0, 0.1) is 5.92 Å². The molecular weight excluding hydrogens is 228 g/mol. The van der Waals surface area contributed by atoms with Gasteiger partial charge in [-0.25, -0.2) is 0 Å². The number of carboxylic acids is 1. The highest BCUT2D eigenvalue weighted by Gasteiger charge is 2.38. The zero-order valence-electron chi connectivity index (χ0n) is 11.0. The Labute approximate surface area is 109 Å². The Morgan fingerprint density at radius 3 is 2.72 bits per heavy atom. The Kier molecular flexibility index (Phi) is 3.57. The summed E-state index contributed by atoms with van der Waals surface area (Å²) in [5, 5.41) is 12.6. The van der Waals surface area contributed by atoms with Crippen molar-refractivity contribution < 1.29 is 9.90 Å². The third kappa shape index (κ3) is 2.69. The molecule has 1 aliphatic heterocycles. The summed E-state index contributed by atoms with van der Waals surface area (Å²) in [4.78, 5) is 13.8. The summed E-state index contributed by atoms with van der Waals surface area (Å²) in [5.41, 5.74) is 0. The Balaban J connectivity index is 1.57. The molecular formula is C14H24N2O2. The molecule has 4 heteroatoms. The van der Waals surface area contributed by atoms with Crippen LogP contribution in [-0.4, -0.2) is 47.2 Å². The summed E-state index contributed by atoms with van der Waals surface area (Å²) in [5.74, 6) is 0.162. The van der Waals surface area contributed by atoms with Crippen LogP contribution in [0.1, 0.15) is 44.9 Å². The summed E-state index contributed by atoms with van der Waals surface area (Å²) in [7, 11) is 0. The Hall–Kier alpha value is -0.610. The molecule has 2 N–H and O–H groups in total. The first-order valence-electron chi connectivity index (χ1n) is 7.47. The van der Waals surface area contributed by atoms with E-state index in [9.17, 15) is 9.90 Å². The first-order valence-corrected chi connectivity index (χ1v) is 7.47. The van der Waals surface area contributed by atoms with Crippen LogP contribution < -0.4 is 5.32 Å². The third-order valence-electron chi connectivity index (χ3n) is 4.85. The van der Waals surface area contributed by atoms with Crippen LogP contribution >= 0.6 is 0 Å². The average molecular weight is 252 g/mol. The number of aliphatic carboxylic acids is 1. The molecule has 3 atom stereocenters. The van der Waals surface area contributed by atoms with E-state index in [1.807, 2.05) is 0 Å². The Bertz CT molecular complexity index is 317. The van der Waals surface area contributed by atoms with E-state index in [0.717, 1.165) is 25.3 Å². The van der Waals surface area contributed by atoms with Gasteiger partial charge in [0.25, 0.3) is 0 Å². The van der Waals surface area contributed by atoms with E-state index in [0.29, 0.717) is 18.6 Å². The van der Waals surface area contributed by atoms with Crippen LogP contribution in [0.3, 0.4) is 0 Å². The second kappa shape index (κ2) is 5.17. The number of carbonyl (C=O) groups is 1. The Morgan fingerprint density at radius 2 is 2.00 bits per heavy atom. The summed E-state index contributed by atoms with van der Waals surface area (Å²) < 4.78 is 0. The molecule has 1 saturated heterocycles. The fraction of sp³-hybridized carbons (Fsp3) is 0.929. The van der Waals surface area contributed by atoms with Crippen molar-refractivity contribution in [2.45, 2.75) is 63.1 Å². The minimum Gasteiger partial charge on any atom is -0.480 e. The van der Waals surface area contributed by atoms with Crippen molar-refractivity contribution in [1.82, 2.24) is 10.2 Å². The maximum absolute atomic E-state index is 11.3. The second-order valence-corrected chi connectivity index (χ2v) is 6.23. The third-order valence-corrected chi connectivity index (χ3v) is 4.85. The van der Waals surface area contributed by atoms with Crippen LogP contribution in [-0.2, 0) is 4.79 Å². The maximum atomic E-state index is 11.3. The molecule has 0 aromatic carbocycles. The van der Waals surface area contributed by atoms with Crippen LogP contribution in [0.25, 0.3) is 0 Å². The predicted octanol–water partition coefficient (Wildman–Crippen LogP) is 1.46. The van der Waals surface area contributed by atoms with Crippen LogP contribution in [0.5, 0.6) is 0 Å². The van der Waals surface area contributed by atoms with Gasteiger partial charge in [-0.05, 0) is 44.6 Å². The summed E-state index contributed by atoms with van der Waals surface area (Å²) in [6, 6.07) is 0.774. The van der Waals surface area contributed by atoms with Crippen molar-refractivity contribution in [1.29, 1.82) is 0 Å². The topological polar surface area (TPSA) is 52.6 Å². The van der Waals surface area contributed by atoms with Crippen molar-refractivity contribution >= 4 is 5.97 Å². The van der Waals surface area contributed by atoms with Gasteiger partial charge >= 0.3 is 5.97 Å². The zero-order valence-corrected chi connectivity index (χ0v) is 11.0. The molecule has 0 bridgehead atoms. The quantitative estimate of drug-likeness (QED) is 0.778.